The van der Waals surface area contributed by atoms with E-state index < -0.39 is 23.5 Å². The van der Waals surface area contributed by atoms with Crippen LogP contribution >= 0.6 is 11.6 Å². The molecule has 2 aromatic carbocycles. The number of benzene rings is 2. The maximum atomic E-state index is 13.8. The van der Waals surface area contributed by atoms with Crippen molar-refractivity contribution in [3.05, 3.63) is 71.0 Å². The van der Waals surface area contributed by atoms with Crippen LogP contribution in [0.15, 0.2) is 54.6 Å². The summed E-state index contributed by atoms with van der Waals surface area (Å²) in [5, 5.41) is 6.07. The largest absolute Gasteiger partial charge is 0.454 e. The predicted molar refractivity (Wildman–Crippen MR) is 109 cm³/mol. The highest BCUT2D eigenvalue weighted by molar-refractivity contribution is 6.37. The van der Waals surface area contributed by atoms with E-state index >= 15 is 0 Å². The summed E-state index contributed by atoms with van der Waals surface area (Å²) in [6, 6.07) is 13.9. The van der Waals surface area contributed by atoms with Crippen molar-refractivity contribution in [1.29, 1.82) is 0 Å². The Labute approximate surface area is 183 Å². The Morgan fingerprint density at radius 2 is 1.81 bits per heavy atom. The van der Waals surface area contributed by atoms with Crippen molar-refractivity contribution >= 4 is 28.8 Å². The summed E-state index contributed by atoms with van der Waals surface area (Å²) >= 11 is 6.27. The number of ether oxygens (including phenoxy) is 2. The van der Waals surface area contributed by atoms with E-state index in [1.165, 1.54) is 6.07 Å². The molecular formula is C21H12ClF3N4O3. The number of aromatic nitrogens is 3. The van der Waals surface area contributed by atoms with Crippen LogP contribution in [-0.4, -0.2) is 27.3 Å². The summed E-state index contributed by atoms with van der Waals surface area (Å²) < 4.78 is 52.3. The van der Waals surface area contributed by atoms with E-state index in [1.54, 1.807) is 42.5 Å². The predicted octanol–water partition coefficient (Wildman–Crippen LogP) is 5.05. The zero-order chi connectivity index (χ0) is 22.5. The number of hydrogen-bond acceptors (Lipinski definition) is 5. The first-order valence-electron chi connectivity index (χ1n) is 9.24. The molecule has 0 spiro atoms. The molecule has 0 saturated carbocycles. The van der Waals surface area contributed by atoms with Crippen molar-refractivity contribution in [2.45, 2.75) is 6.18 Å². The van der Waals surface area contributed by atoms with Crippen LogP contribution in [-0.2, 0) is 6.18 Å². The molecule has 5 rings (SSSR count). The Morgan fingerprint density at radius 1 is 1.06 bits per heavy atom. The van der Waals surface area contributed by atoms with Gasteiger partial charge in [-0.2, -0.15) is 18.3 Å². The third-order valence-electron chi connectivity index (χ3n) is 4.74. The van der Waals surface area contributed by atoms with E-state index in [4.69, 9.17) is 21.1 Å². The van der Waals surface area contributed by atoms with Gasteiger partial charge in [0, 0.05) is 17.3 Å². The van der Waals surface area contributed by atoms with Crippen molar-refractivity contribution in [3.8, 4) is 22.8 Å². The van der Waals surface area contributed by atoms with Crippen LogP contribution in [0.4, 0.5) is 18.9 Å². The lowest BCUT2D eigenvalue weighted by Crippen LogP contribution is -2.15. The number of halogens is 4. The molecule has 0 fully saturated rings. The minimum absolute atomic E-state index is 0.0509. The molecule has 162 valence electrons. The van der Waals surface area contributed by atoms with Crippen molar-refractivity contribution < 1.29 is 27.4 Å². The molecular weight excluding hydrogens is 449 g/mol. The summed E-state index contributed by atoms with van der Waals surface area (Å²) in [6.07, 6.45) is -4.76. The van der Waals surface area contributed by atoms with Crippen molar-refractivity contribution in [2.75, 3.05) is 12.1 Å². The molecule has 2 aromatic heterocycles. The van der Waals surface area contributed by atoms with Crippen LogP contribution in [0.1, 0.15) is 16.2 Å². The Morgan fingerprint density at radius 3 is 2.56 bits per heavy atom. The number of rotatable bonds is 3. The second kappa shape index (κ2) is 7.41. The van der Waals surface area contributed by atoms with E-state index in [-0.39, 0.29) is 23.2 Å². The van der Waals surface area contributed by atoms with Gasteiger partial charge >= 0.3 is 6.18 Å². The van der Waals surface area contributed by atoms with Crippen LogP contribution in [0.25, 0.3) is 16.9 Å². The monoisotopic (exact) mass is 460 g/mol. The number of nitrogens with zero attached hydrogens (tertiary/aromatic N) is 3. The van der Waals surface area contributed by atoms with Gasteiger partial charge in [-0.15, -0.1) is 0 Å². The normalized spacial score (nSPS) is 12.9. The summed E-state index contributed by atoms with van der Waals surface area (Å²) in [4.78, 5) is 17.0. The van der Waals surface area contributed by atoms with E-state index in [0.29, 0.717) is 27.3 Å². The van der Waals surface area contributed by atoms with Gasteiger partial charge in [0.05, 0.1) is 5.69 Å². The second-order valence-electron chi connectivity index (χ2n) is 6.81. The van der Waals surface area contributed by atoms with Gasteiger partial charge in [-0.05, 0) is 18.2 Å². The lowest BCUT2D eigenvalue weighted by atomic mass is 10.1. The molecule has 1 aliphatic heterocycles. The molecule has 0 radical (unpaired) electrons. The average molecular weight is 461 g/mol. The van der Waals surface area contributed by atoms with Crippen LogP contribution in [0, 0.1) is 0 Å². The van der Waals surface area contributed by atoms with Crippen LogP contribution in [0.5, 0.6) is 11.5 Å². The molecule has 1 amide bonds. The number of amides is 1. The molecule has 0 bridgehead atoms. The smallest absolute Gasteiger partial charge is 0.433 e. The molecule has 7 nitrogen and oxygen atoms in total. The second-order valence-corrected chi connectivity index (χ2v) is 7.19. The summed E-state index contributed by atoms with van der Waals surface area (Å²) in [5.74, 6) is 0.146. The van der Waals surface area contributed by atoms with Gasteiger partial charge in [-0.25, -0.2) is 9.50 Å². The molecule has 1 N–H and O–H groups in total. The third-order valence-corrected chi connectivity index (χ3v) is 5.09. The van der Waals surface area contributed by atoms with Crippen molar-refractivity contribution in [2.24, 2.45) is 0 Å². The van der Waals surface area contributed by atoms with Gasteiger partial charge in [0.2, 0.25) is 6.79 Å². The lowest BCUT2D eigenvalue weighted by Gasteiger charge is -2.11. The van der Waals surface area contributed by atoms with Gasteiger partial charge in [-0.3, -0.25) is 4.79 Å². The lowest BCUT2D eigenvalue weighted by molar-refractivity contribution is -0.142. The maximum absolute atomic E-state index is 13.8. The fraction of sp³-hybridized carbons (Fsp3) is 0.0952. The minimum atomic E-state index is -4.76. The van der Waals surface area contributed by atoms with Gasteiger partial charge in [0.25, 0.3) is 5.91 Å². The Hall–Kier alpha value is -3.79. The number of alkyl halides is 3. The van der Waals surface area contributed by atoms with E-state index in [1.807, 2.05) is 0 Å². The molecule has 11 heteroatoms. The number of carbonyl (C=O) groups is 1. The molecule has 0 atom stereocenters. The average Bonchev–Trinajstić information content (AvgIpc) is 3.37. The standard InChI is InChI=1S/C21H12ClF3N4O3/c22-17-18(20(30)26-12-6-7-14-15(8-12)32-10-31-14)28-29-16(21(23,24)25)9-13(27-19(17)29)11-4-2-1-3-5-11/h1-9H,10H2,(H,26,30). The summed E-state index contributed by atoms with van der Waals surface area (Å²) in [6.45, 7) is 0.0562. The quantitative estimate of drug-likeness (QED) is 0.463. The molecule has 0 aliphatic carbocycles. The van der Waals surface area contributed by atoms with Gasteiger partial charge in [-0.1, -0.05) is 41.9 Å². The topological polar surface area (TPSA) is 77.8 Å². The first-order valence-corrected chi connectivity index (χ1v) is 9.62. The Balaban J connectivity index is 1.58. The number of nitrogens with one attached hydrogen (secondary N) is 1. The number of fused-ring (bicyclic) bond motifs is 2. The molecule has 3 heterocycles. The molecule has 0 saturated heterocycles. The van der Waals surface area contributed by atoms with Crippen LogP contribution in [0.3, 0.4) is 0 Å². The number of anilines is 1. The van der Waals surface area contributed by atoms with Gasteiger partial charge in [0.1, 0.15) is 5.02 Å². The molecule has 1 aliphatic rings. The van der Waals surface area contributed by atoms with Gasteiger partial charge < -0.3 is 14.8 Å². The zero-order valence-corrected chi connectivity index (χ0v) is 16.7. The molecule has 4 aromatic rings. The fourth-order valence-corrected chi connectivity index (χ4v) is 3.51. The Bertz CT molecular complexity index is 1360. The highest BCUT2D eigenvalue weighted by Crippen LogP contribution is 2.36. The highest BCUT2D eigenvalue weighted by atomic mass is 35.5. The first kappa shape index (κ1) is 20.1. The summed E-state index contributed by atoms with van der Waals surface area (Å²) in [5.41, 5.74) is -0.936. The SMILES string of the molecule is O=C(Nc1ccc2c(c1)OCO2)c1nn2c(C(F)(F)F)cc(-c3ccccc3)nc2c1Cl. The molecule has 32 heavy (non-hydrogen) atoms. The van der Waals surface area contributed by atoms with Crippen LogP contribution in [0.2, 0.25) is 5.02 Å². The maximum Gasteiger partial charge on any atom is 0.433 e. The third kappa shape index (κ3) is 3.48. The fourth-order valence-electron chi connectivity index (χ4n) is 3.26. The minimum Gasteiger partial charge on any atom is -0.454 e. The highest BCUT2D eigenvalue weighted by Gasteiger charge is 2.36. The van der Waals surface area contributed by atoms with E-state index in [2.05, 4.69) is 15.4 Å². The molecule has 0 unspecified atom stereocenters. The van der Waals surface area contributed by atoms with E-state index in [9.17, 15) is 18.0 Å². The van der Waals surface area contributed by atoms with Crippen LogP contribution < -0.4 is 14.8 Å². The number of carbonyl (C=O) groups excluding carboxylic acids is 1. The first-order chi connectivity index (χ1) is 15.3. The number of hydrogen-bond donors (Lipinski definition) is 1. The zero-order valence-electron chi connectivity index (χ0n) is 16.0. The Kier molecular flexibility index (Phi) is 4.66. The summed E-state index contributed by atoms with van der Waals surface area (Å²) in [7, 11) is 0. The van der Waals surface area contributed by atoms with E-state index in [0.717, 1.165) is 6.07 Å². The van der Waals surface area contributed by atoms with Gasteiger partial charge in [0.15, 0.2) is 28.5 Å². The van der Waals surface area contributed by atoms with Crippen molar-refractivity contribution in [1.82, 2.24) is 14.6 Å². The van der Waals surface area contributed by atoms with Crippen molar-refractivity contribution in [3.63, 3.8) is 0 Å².